The van der Waals surface area contributed by atoms with E-state index in [1.165, 1.54) is 6.42 Å². The molecule has 1 rings (SSSR count). The van der Waals surface area contributed by atoms with Gasteiger partial charge in [-0.1, -0.05) is 0 Å². The molecule has 3 heteroatoms. The van der Waals surface area contributed by atoms with Crippen LogP contribution in [0.25, 0.3) is 0 Å². The summed E-state index contributed by atoms with van der Waals surface area (Å²) in [5, 5.41) is 0. The lowest BCUT2D eigenvalue weighted by molar-refractivity contribution is -0.155. The summed E-state index contributed by atoms with van der Waals surface area (Å²) in [4.78, 5) is 11.4. The fourth-order valence-corrected chi connectivity index (χ4v) is 2.09. The topological polar surface area (TPSA) is 52.3 Å². The number of esters is 1. The van der Waals surface area contributed by atoms with Crippen molar-refractivity contribution >= 4 is 5.97 Å². The van der Waals surface area contributed by atoms with Gasteiger partial charge in [0, 0.05) is 12.5 Å². The average Bonchev–Trinajstić information content (AvgIpc) is 2.45. The van der Waals surface area contributed by atoms with E-state index >= 15 is 0 Å². The first-order valence-electron chi connectivity index (χ1n) is 5.84. The van der Waals surface area contributed by atoms with Crippen molar-refractivity contribution in [2.45, 2.75) is 64.5 Å². The molecule has 1 aliphatic carbocycles. The number of ether oxygens (including phenoxy) is 1. The highest BCUT2D eigenvalue weighted by molar-refractivity contribution is 5.69. The van der Waals surface area contributed by atoms with E-state index in [4.69, 9.17) is 10.5 Å². The van der Waals surface area contributed by atoms with Crippen LogP contribution in [0.3, 0.4) is 0 Å². The molecule has 0 heterocycles. The minimum Gasteiger partial charge on any atom is -0.460 e. The summed E-state index contributed by atoms with van der Waals surface area (Å²) in [7, 11) is 0. The summed E-state index contributed by atoms with van der Waals surface area (Å²) in [6.07, 6.45) is 4.82. The summed E-state index contributed by atoms with van der Waals surface area (Å²) < 4.78 is 5.25. The van der Waals surface area contributed by atoms with Gasteiger partial charge in [0.25, 0.3) is 0 Å². The minimum atomic E-state index is -0.358. The maximum atomic E-state index is 11.4. The van der Waals surface area contributed by atoms with E-state index in [9.17, 15) is 4.79 Å². The molecule has 2 atom stereocenters. The second-order valence-corrected chi connectivity index (χ2v) is 5.56. The van der Waals surface area contributed by atoms with Gasteiger partial charge < -0.3 is 10.5 Å². The van der Waals surface area contributed by atoms with Gasteiger partial charge in [-0.25, -0.2) is 0 Å². The molecule has 0 aromatic rings. The lowest BCUT2D eigenvalue weighted by atomic mass is 10.0. The fourth-order valence-electron chi connectivity index (χ4n) is 2.09. The fraction of sp³-hybridized carbons (Fsp3) is 0.917. The Morgan fingerprint density at radius 1 is 1.40 bits per heavy atom. The highest BCUT2D eigenvalue weighted by Gasteiger charge is 2.23. The van der Waals surface area contributed by atoms with E-state index in [2.05, 4.69) is 0 Å². The van der Waals surface area contributed by atoms with E-state index in [0.29, 0.717) is 18.4 Å². The molecule has 2 N–H and O–H groups in total. The predicted octanol–water partition coefficient (Wildman–Crippen LogP) is 2.24. The van der Waals surface area contributed by atoms with Crippen LogP contribution in [0.1, 0.15) is 52.9 Å². The molecule has 15 heavy (non-hydrogen) atoms. The van der Waals surface area contributed by atoms with E-state index in [1.807, 2.05) is 20.8 Å². The van der Waals surface area contributed by atoms with E-state index in [-0.39, 0.29) is 11.6 Å². The highest BCUT2D eigenvalue weighted by atomic mass is 16.6. The quantitative estimate of drug-likeness (QED) is 0.731. The number of carbonyl (C=O) groups excluding carboxylic acids is 1. The van der Waals surface area contributed by atoms with E-state index < -0.39 is 0 Å². The Morgan fingerprint density at radius 3 is 2.53 bits per heavy atom. The van der Waals surface area contributed by atoms with Gasteiger partial charge in [-0.15, -0.1) is 0 Å². The predicted molar refractivity (Wildman–Crippen MR) is 60.4 cm³/mol. The monoisotopic (exact) mass is 213 g/mol. The van der Waals surface area contributed by atoms with Crippen LogP contribution in [0.2, 0.25) is 0 Å². The third-order valence-electron chi connectivity index (χ3n) is 2.76. The molecular formula is C12H23NO2. The summed E-state index contributed by atoms with van der Waals surface area (Å²) in [6, 6.07) is 0.355. The molecule has 1 saturated carbocycles. The number of carbonyl (C=O) groups is 1. The maximum absolute atomic E-state index is 11.4. The summed E-state index contributed by atoms with van der Waals surface area (Å²) in [6.45, 7) is 5.70. The van der Waals surface area contributed by atoms with Gasteiger partial charge in [0.1, 0.15) is 5.60 Å². The molecule has 3 nitrogen and oxygen atoms in total. The smallest absolute Gasteiger partial charge is 0.306 e. The molecule has 0 spiro atoms. The number of nitrogens with two attached hydrogens (primary N) is 1. The standard InChI is InChI=1S/C12H23NO2/c1-12(2,3)15-11(14)7-5-9-4-6-10(13)8-9/h9-10H,4-8,13H2,1-3H3. The summed E-state index contributed by atoms with van der Waals surface area (Å²) in [5.41, 5.74) is 5.46. The van der Waals surface area contributed by atoms with Gasteiger partial charge in [0.05, 0.1) is 0 Å². The molecule has 0 radical (unpaired) electrons. The van der Waals surface area contributed by atoms with Crippen molar-refractivity contribution in [3.63, 3.8) is 0 Å². The van der Waals surface area contributed by atoms with Crippen LogP contribution in [-0.2, 0) is 9.53 Å². The Morgan fingerprint density at radius 2 is 2.07 bits per heavy atom. The molecule has 1 fully saturated rings. The minimum absolute atomic E-state index is 0.0806. The zero-order chi connectivity index (χ0) is 11.5. The Hall–Kier alpha value is -0.570. The molecule has 0 bridgehead atoms. The molecule has 0 aromatic carbocycles. The molecule has 0 aliphatic heterocycles. The molecule has 0 amide bonds. The van der Waals surface area contributed by atoms with Crippen molar-refractivity contribution < 1.29 is 9.53 Å². The van der Waals surface area contributed by atoms with Crippen molar-refractivity contribution in [2.24, 2.45) is 11.7 Å². The largest absolute Gasteiger partial charge is 0.460 e. The van der Waals surface area contributed by atoms with Gasteiger partial charge in [-0.3, -0.25) is 4.79 Å². The van der Waals surface area contributed by atoms with Crippen molar-refractivity contribution in [2.75, 3.05) is 0 Å². The van der Waals surface area contributed by atoms with E-state index in [1.54, 1.807) is 0 Å². The van der Waals surface area contributed by atoms with Crippen LogP contribution in [0.4, 0.5) is 0 Å². The number of hydrogen-bond donors (Lipinski definition) is 1. The molecular weight excluding hydrogens is 190 g/mol. The van der Waals surface area contributed by atoms with Crippen LogP contribution >= 0.6 is 0 Å². The Labute approximate surface area is 92.4 Å². The maximum Gasteiger partial charge on any atom is 0.306 e. The van der Waals surface area contributed by atoms with Crippen LogP contribution < -0.4 is 5.73 Å². The van der Waals surface area contributed by atoms with Crippen molar-refractivity contribution in [1.29, 1.82) is 0 Å². The lowest BCUT2D eigenvalue weighted by Crippen LogP contribution is -2.24. The first-order valence-corrected chi connectivity index (χ1v) is 5.84. The van der Waals surface area contributed by atoms with Crippen molar-refractivity contribution in [3.8, 4) is 0 Å². The van der Waals surface area contributed by atoms with Crippen LogP contribution in [0.5, 0.6) is 0 Å². The summed E-state index contributed by atoms with van der Waals surface area (Å²) >= 11 is 0. The van der Waals surface area contributed by atoms with Crippen LogP contribution in [-0.4, -0.2) is 17.6 Å². The second-order valence-electron chi connectivity index (χ2n) is 5.56. The van der Waals surface area contributed by atoms with Gasteiger partial charge in [-0.05, 0) is 52.4 Å². The third-order valence-corrected chi connectivity index (χ3v) is 2.76. The zero-order valence-electron chi connectivity index (χ0n) is 10.1. The van der Waals surface area contributed by atoms with E-state index in [0.717, 1.165) is 19.3 Å². The molecule has 2 unspecified atom stereocenters. The van der Waals surface area contributed by atoms with Gasteiger partial charge in [0.15, 0.2) is 0 Å². The number of rotatable bonds is 3. The second kappa shape index (κ2) is 4.97. The van der Waals surface area contributed by atoms with Crippen LogP contribution in [0.15, 0.2) is 0 Å². The Bertz CT molecular complexity index is 220. The highest BCUT2D eigenvalue weighted by Crippen LogP contribution is 2.28. The normalized spacial score (nSPS) is 26.7. The van der Waals surface area contributed by atoms with Gasteiger partial charge >= 0.3 is 5.97 Å². The molecule has 0 saturated heterocycles. The number of hydrogen-bond acceptors (Lipinski definition) is 3. The van der Waals surface area contributed by atoms with Crippen LogP contribution in [0, 0.1) is 5.92 Å². The Balaban J connectivity index is 2.17. The zero-order valence-corrected chi connectivity index (χ0v) is 10.1. The van der Waals surface area contributed by atoms with Crippen molar-refractivity contribution in [3.05, 3.63) is 0 Å². The SMILES string of the molecule is CC(C)(C)OC(=O)CCC1CCC(N)C1. The molecule has 88 valence electrons. The Kier molecular flexibility index (Phi) is 4.14. The third kappa shape index (κ3) is 5.17. The summed E-state index contributed by atoms with van der Waals surface area (Å²) in [5.74, 6) is 0.551. The molecule has 0 aromatic heterocycles. The van der Waals surface area contributed by atoms with Gasteiger partial charge in [0.2, 0.25) is 0 Å². The molecule has 1 aliphatic rings. The average molecular weight is 213 g/mol. The first-order chi connectivity index (χ1) is 6.87. The lowest BCUT2D eigenvalue weighted by Gasteiger charge is -2.20. The van der Waals surface area contributed by atoms with Gasteiger partial charge in [-0.2, -0.15) is 0 Å². The van der Waals surface area contributed by atoms with Crippen molar-refractivity contribution in [1.82, 2.24) is 0 Å². The first kappa shape index (κ1) is 12.5.